The first kappa shape index (κ1) is 12.0. The largest absolute Gasteiger partial charge is 0.348 e. The second-order valence-electron chi connectivity index (χ2n) is 4.90. The first-order valence-electron chi connectivity index (χ1n) is 6.01. The normalized spacial score (nSPS) is 17.9. The third kappa shape index (κ3) is 2.63. The van der Waals surface area contributed by atoms with Gasteiger partial charge in [-0.25, -0.2) is 4.68 Å². The summed E-state index contributed by atoms with van der Waals surface area (Å²) in [5.41, 5.74) is 0.393. The zero-order valence-corrected chi connectivity index (χ0v) is 10.5. The predicted molar refractivity (Wildman–Crippen MR) is 63.7 cm³/mol. The fourth-order valence-electron chi connectivity index (χ4n) is 1.47. The van der Waals surface area contributed by atoms with Gasteiger partial charge in [-0.2, -0.15) is 0 Å². The standard InChI is InChI=1S/C11H19N5O/c1-7(2)8(3)13-11(17)10-6-16(15-14-10)9-4-12-5-9/h6-9,12H,4-5H2,1-3H3,(H,13,17). The van der Waals surface area contributed by atoms with Crippen LogP contribution in [0.3, 0.4) is 0 Å². The third-order valence-corrected chi connectivity index (χ3v) is 3.24. The maximum absolute atomic E-state index is 11.9. The van der Waals surface area contributed by atoms with Crippen molar-refractivity contribution in [2.24, 2.45) is 5.92 Å². The molecule has 1 amide bonds. The Morgan fingerprint density at radius 1 is 1.53 bits per heavy atom. The Kier molecular flexibility index (Phi) is 3.42. The van der Waals surface area contributed by atoms with E-state index in [0.29, 0.717) is 17.7 Å². The summed E-state index contributed by atoms with van der Waals surface area (Å²) in [5, 5.41) is 14.0. The minimum Gasteiger partial charge on any atom is -0.348 e. The van der Waals surface area contributed by atoms with Crippen LogP contribution in [0.15, 0.2) is 6.20 Å². The Hall–Kier alpha value is -1.43. The van der Waals surface area contributed by atoms with Gasteiger partial charge in [0.2, 0.25) is 0 Å². The van der Waals surface area contributed by atoms with Crippen molar-refractivity contribution in [1.82, 2.24) is 25.6 Å². The van der Waals surface area contributed by atoms with Gasteiger partial charge < -0.3 is 10.6 Å². The van der Waals surface area contributed by atoms with Crippen LogP contribution < -0.4 is 10.6 Å². The molecule has 6 heteroatoms. The van der Waals surface area contributed by atoms with Crippen LogP contribution in [-0.2, 0) is 0 Å². The van der Waals surface area contributed by atoms with Crippen molar-refractivity contribution in [2.45, 2.75) is 32.9 Å². The molecule has 2 heterocycles. The van der Waals surface area contributed by atoms with E-state index in [0.717, 1.165) is 13.1 Å². The summed E-state index contributed by atoms with van der Waals surface area (Å²) in [7, 11) is 0. The molecule has 17 heavy (non-hydrogen) atoms. The van der Waals surface area contributed by atoms with E-state index in [1.807, 2.05) is 6.92 Å². The lowest BCUT2D eigenvalue weighted by atomic mass is 10.1. The summed E-state index contributed by atoms with van der Waals surface area (Å²) < 4.78 is 1.76. The number of hydrogen-bond acceptors (Lipinski definition) is 4. The van der Waals surface area contributed by atoms with Crippen molar-refractivity contribution in [3.05, 3.63) is 11.9 Å². The highest BCUT2D eigenvalue weighted by Crippen LogP contribution is 2.10. The molecule has 94 valence electrons. The molecule has 0 aromatic carbocycles. The van der Waals surface area contributed by atoms with Crippen LogP contribution in [0.4, 0.5) is 0 Å². The van der Waals surface area contributed by atoms with Gasteiger partial charge in [-0.15, -0.1) is 5.10 Å². The molecule has 1 atom stereocenters. The van der Waals surface area contributed by atoms with Crippen LogP contribution in [0.25, 0.3) is 0 Å². The van der Waals surface area contributed by atoms with E-state index in [4.69, 9.17) is 0 Å². The van der Waals surface area contributed by atoms with Gasteiger partial charge in [0.1, 0.15) is 0 Å². The van der Waals surface area contributed by atoms with Gasteiger partial charge in [-0.05, 0) is 12.8 Å². The van der Waals surface area contributed by atoms with Crippen LogP contribution >= 0.6 is 0 Å². The SMILES string of the molecule is CC(C)C(C)NC(=O)c1cn(C2CNC2)nn1. The summed E-state index contributed by atoms with van der Waals surface area (Å²) in [6.07, 6.45) is 1.72. The highest BCUT2D eigenvalue weighted by Gasteiger charge is 2.22. The number of carbonyl (C=O) groups is 1. The van der Waals surface area contributed by atoms with E-state index in [1.165, 1.54) is 0 Å². The van der Waals surface area contributed by atoms with Gasteiger partial charge in [0, 0.05) is 19.1 Å². The molecule has 2 N–H and O–H groups in total. The van der Waals surface area contributed by atoms with Crippen molar-refractivity contribution >= 4 is 5.91 Å². The van der Waals surface area contributed by atoms with E-state index < -0.39 is 0 Å². The summed E-state index contributed by atoms with van der Waals surface area (Å²) in [6, 6.07) is 0.476. The summed E-state index contributed by atoms with van der Waals surface area (Å²) in [4.78, 5) is 11.9. The molecule has 0 saturated carbocycles. The summed E-state index contributed by atoms with van der Waals surface area (Å²) >= 11 is 0. The quantitative estimate of drug-likeness (QED) is 0.784. The number of nitrogens with one attached hydrogen (secondary N) is 2. The Morgan fingerprint density at radius 2 is 2.24 bits per heavy atom. The van der Waals surface area contributed by atoms with Gasteiger partial charge in [0.15, 0.2) is 5.69 Å². The second-order valence-corrected chi connectivity index (χ2v) is 4.90. The van der Waals surface area contributed by atoms with E-state index in [2.05, 4.69) is 34.8 Å². The van der Waals surface area contributed by atoms with Crippen molar-refractivity contribution in [2.75, 3.05) is 13.1 Å². The summed E-state index contributed by atoms with van der Waals surface area (Å²) in [6.45, 7) is 7.92. The maximum atomic E-state index is 11.9. The minimum atomic E-state index is -0.148. The number of carbonyl (C=O) groups excluding carboxylic acids is 1. The Bertz CT molecular complexity index is 396. The number of hydrogen-bond donors (Lipinski definition) is 2. The predicted octanol–water partition coefficient (Wildman–Crippen LogP) is 0.197. The zero-order valence-electron chi connectivity index (χ0n) is 10.5. The number of rotatable bonds is 4. The first-order chi connectivity index (χ1) is 8.08. The van der Waals surface area contributed by atoms with E-state index in [9.17, 15) is 4.79 Å². The zero-order chi connectivity index (χ0) is 12.4. The maximum Gasteiger partial charge on any atom is 0.273 e. The molecule has 1 fully saturated rings. The molecule has 1 aliphatic heterocycles. The van der Waals surface area contributed by atoms with Gasteiger partial charge in [-0.3, -0.25) is 4.79 Å². The molecular formula is C11H19N5O. The van der Waals surface area contributed by atoms with Crippen molar-refractivity contribution in [3.63, 3.8) is 0 Å². The fourth-order valence-corrected chi connectivity index (χ4v) is 1.47. The van der Waals surface area contributed by atoms with Crippen molar-refractivity contribution in [1.29, 1.82) is 0 Å². The lowest BCUT2D eigenvalue weighted by molar-refractivity contribution is 0.0925. The lowest BCUT2D eigenvalue weighted by Gasteiger charge is -2.26. The van der Waals surface area contributed by atoms with Crippen molar-refractivity contribution < 1.29 is 4.79 Å². The van der Waals surface area contributed by atoms with E-state index >= 15 is 0 Å². The van der Waals surface area contributed by atoms with Crippen LogP contribution in [0.1, 0.15) is 37.3 Å². The summed E-state index contributed by atoms with van der Waals surface area (Å²) in [5.74, 6) is 0.259. The number of aromatic nitrogens is 3. The van der Waals surface area contributed by atoms with Crippen LogP contribution in [0.5, 0.6) is 0 Å². The number of nitrogens with zero attached hydrogens (tertiary/aromatic N) is 3. The molecule has 1 aromatic rings. The Morgan fingerprint density at radius 3 is 2.76 bits per heavy atom. The highest BCUT2D eigenvalue weighted by molar-refractivity contribution is 5.92. The molecule has 1 aliphatic rings. The molecule has 0 radical (unpaired) electrons. The third-order valence-electron chi connectivity index (χ3n) is 3.24. The van der Waals surface area contributed by atoms with E-state index in [-0.39, 0.29) is 11.9 Å². The van der Waals surface area contributed by atoms with Crippen LogP contribution in [-0.4, -0.2) is 40.0 Å². The Labute approximate surface area is 101 Å². The topological polar surface area (TPSA) is 71.8 Å². The van der Waals surface area contributed by atoms with Crippen LogP contribution in [0, 0.1) is 5.92 Å². The molecule has 1 aromatic heterocycles. The second kappa shape index (κ2) is 4.83. The lowest BCUT2D eigenvalue weighted by Crippen LogP contribution is -2.43. The van der Waals surface area contributed by atoms with E-state index in [1.54, 1.807) is 10.9 Å². The van der Waals surface area contributed by atoms with Crippen molar-refractivity contribution in [3.8, 4) is 0 Å². The van der Waals surface area contributed by atoms with Gasteiger partial charge >= 0.3 is 0 Å². The molecular weight excluding hydrogens is 218 g/mol. The molecule has 0 bridgehead atoms. The Balaban J connectivity index is 1.97. The monoisotopic (exact) mass is 237 g/mol. The molecule has 0 spiro atoms. The average molecular weight is 237 g/mol. The first-order valence-corrected chi connectivity index (χ1v) is 6.01. The number of amides is 1. The van der Waals surface area contributed by atoms with Gasteiger partial charge in [-0.1, -0.05) is 19.1 Å². The molecule has 0 aliphatic carbocycles. The van der Waals surface area contributed by atoms with Gasteiger partial charge in [0.25, 0.3) is 5.91 Å². The average Bonchev–Trinajstić information content (AvgIpc) is 2.63. The molecule has 2 rings (SSSR count). The highest BCUT2D eigenvalue weighted by atomic mass is 16.2. The molecule has 1 unspecified atom stereocenters. The fraction of sp³-hybridized carbons (Fsp3) is 0.727. The van der Waals surface area contributed by atoms with Gasteiger partial charge in [0.05, 0.1) is 12.2 Å². The van der Waals surface area contributed by atoms with Crippen LogP contribution in [0.2, 0.25) is 0 Å². The molecule has 6 nitrogen and oxygen atoms in total. The minimum absolute atomic E-state index is 0.137. The smallest absolute Gasteiger partial charge is 0.273 e. The molecule has 1 saturated heterocycles.